The maximum Gasteiger partial charge on any atom is 0.338 e. The van der Waals surface area contributed by atoms with Gasteiger partial charge in [-0.2, -0.15) is 0 Å². The molecular formula is C25H32N2O6. The zero-order valence-electron chi connectivity index (χ0n) is 19.3. The first-order chi connectivity index (χ1) is 16.1. The van der Waals surface area contributed by atoms with E-state index in [0.717, 1.165) is 32.6 Å². The molecule has 2 aromatic rings. The Hall–Kier alpha value is -3.10. The number of carbonyl (C=O) groups is 2. The number of nitrogens with zero attached hydrogens (tertiary/aromatic N) is 2. The molecule has 0 radical (unpaired) electrons. The van der Waals surface area contributed by atoms with Crippen LogP contribution in [0.1, 0.15) is 27.1 Å². The van der Waals surface area contributed by atoms with Crippen LogP contribution in [-0.2, 0) is 9.47 Å². The lowest BCUT2D eigenvalue weighted by Gasteiger charge is -2.21. The molecule has 0 atom stereocenters. The van der Waals surface area contributed by atoms with E-state index in [9.17, 15) is 9.59 Å². The highest BCUT2D eigenvalue weighted by atomic mass is 16.5. The van der Waals surface area contributed by atoms with Gasteiger partial charge in [0.15, 0.2) is 0 Å². The zero-order valence-corrected chi connectivity index (χ0v) is 19.3. The van der Waals surface area contributed by atoms with Crippen molar-refractivity contribution in [1.82, 2.24) is 9.80 Å². The second kappa shape index (κ2) is 12.8. The third-order valence-electron chi connectivity index (χ3n) is 5.61. The Morgan fingerprint density at radius 2 is 1.06 bits per heavy atom. The Morgan fingerprint density at radius 3 is 1.42 bits per heavy atom. The van der Waals surface area contributed by atoms with Crippen molar-refractivity contribution in [3.05, 3.63) is 59.7 Å². The monoisotopic (exact) mass is 456 g/mol. The van der Waals surface area contributed by atoms with Gasteiger partial charge in [0.25, 0.3) is 0 Å². The van der Waals surface area contributed by atoms with Crippen LogP contribution in [0.5, 0.6) is 11.5 Å². The van der Waals surface area contributed by atoms with Crippen LogP contribution in [0.3, 0.4) is 0 Å². The molecule has 33 heavy (non-hydrogen) atoms. The van der Waals surface area contributed by atoms with E-state index in [1.165, 1.54) is 0 Å². The average molecular weight is 457 g/mol. The van der Waals surface area contributed by atoms with Crippen LogP contribution in [0.2, 0.25) is 0 Å². The van der Waals surface area contributed by atoms with E-state index in [2.05, 4.69) is 9.80 Å². The van der Waals surface area contributed by atoms with Crippen molar-refractivity contribution in [2.75, 3.05) is 66.7 Å². The van der Waals surface area contributed by atoms with Gasteiger partial charge in [-0.15, -0.1) is 0 Å². The van der Waals surface area contributed by atoms with E-state index in [0.29, 0.717) is 48.9 Å². The summed E-state index contributed by atoms with van der Waals surface area (Å²) in [7, 11) is 3.18. The smallest absolute Gasteiger partial charge is 0.338 e. The van der Waals surface area contributed by atoms with Crippen molar-refractivity contribution in [3.63, 3.8) is 0 Å². The molecule has 1 aliphatic heterocycles. The molecule has 0 unspecified atom stereocenters. The lowest BCUT2D eigenvalue weighted by atomic mass is 10.2. The lowest BCUT2D eigenvalue weighted by molar-refractivity contribution is 0.0442. The molecule has 0 bridgehead atoms. The van der Waals surface area contributed by atoms with Crippen molar-refractivity contribution in [2.45, 2.75) is 6.42 Å². The second-order valence-electron chi connectivity index (χ2n) is 7.77. The molecule has 0 aromatic heterocycles. The fourth-order valence-corrected chi connectivity index (χ4v) is 3.63. The Labute approximate surface area is 195 Å². The van der Waals surface area contributed by atoms with Gasteiger partial charge in [0.1, 0.15) is 24.7 Å². The number of hydrogen-bond acceptors (Lipinski definition) is 8. The van der Waals surface area contributed by atoms with Gasteiger partial charge in [0.2, 0.25) is 0 Å². The number of ether oxygens (including phenoxy) is 4. The quantitative estimate of drug-likeness (QED) is 0.505. The largest absolute Gasteiger partial charge is 0.497 e. The summed E-state index contributed by atoms with van der Waals surface area (Å²) in [5.41, 5.74) is 1.03. The molecule has 1 fully saturated rings. The molecule has 1 saturated heterocycles. The van der Waals surface area contributed by atoms with Gasteiger partial charge in [0, 0.05) is 26.2 Å². The molecular weight excluding hydrogens is 424 g/mol. The predicted octanol–water partition coefficient (Wildman–Crippen LogP) is 2.73. The van der Waals surface area contributed by atoms with Crippen molar-refractivity contribution in [1.29, 1.82) is 0 Å². The summed E-state index contributed by atoms with van der Waals surface area (Å²) in [6, 6.07) is 13.8. The Kier molecular flexibility index (Phi) is 9.53. The fourth-order valence-electron chi connectivity index (χ4n) is 3.63. The van der Waals surface area contributed by atoms with E-state index < -0.39 is 0 Å². The molecule has 0 N–H and O–H groups in total. The SMILES string of the molecule is COc1ccc(C(=O)OCCN2CCCN(CCOC(=O)c3ccc(OC)cc3)CC2)cc1. The van der Waals surface area contributed by atoms with Gasteiger partial charge in [-0.3, -0.25) is 9.80 Å². The standard InChI is InChI=1S/C25H32N2O6/c1-30-22-8-4-20(5-9-22)24(28)32-18-16-26-12-3-13-27(15-14-26)17-19-33-25(29)21-6-10-23(31-2)11-7-21/h4-11H,3,12-19H2,1-2H3. The second-order valence-corrected chi connectivity index (χ2v) is 7.77. The van der Waals surface area contributed by atoms with Gasteiger partial charge >= 0.3 is 11.9 Å². The first-order valence-electron chi connectivity index (χ1n) is 11.2. The topological polar surface area (TPSA) is 77.5 Å². The Morgan fingerprint density at radius 1 is 0.667 bits per heavy atom. The van der Waals surface area contributed by atoms with Crippen LogP contribution in [0, 0.1) is 0 Å². The van der Waals surface area contributed by atoms with Crippen LogP contribution >= 0.6 is 0 Å². The molecule has 3 rings (SSSR count). The first kappa shape index (κ1) is 24.5. The molecule has 0 saturated carbocycles. The van der Waals surface area contributed by atoms with E-state index in [1.807, 2.05) is 0 Å². The highest BCUT2D eigenvalue weighted by molar-refractivity contribution is 5.90. The summed E-state index contributed by atoms with van der Waals surface area (Å²) in [6.07, 6.45) is 1.01. The molecule has 2 aromatic carbocycles. The maximum atomic E-state index is 12.2. The first-order valence-corrected chi connectivity index (χ1v) is 11.2. The minimum absolute atomic E-state index is 0.326. The Bertz CT molecular complexity index is 811. The molecule has 8 nitrogen and oxygen atoms in total. The van der Waals surface area contributed by atoms with Crippen LogP contribution in [-0.4, -0.2) is 88.4 Å². The van der Waals surface area contributed by atoms with Crippen LogP contribution in [0.4, 0.5) is 0 Å². The molecule has 8 heteroatoms. The van der Waals surface area contributed by atoms with E-state index in [-0.39, 0.29) is 11.9 Å². The van der Waals surface area contributed by atoms with Crippen LogP contribution in [0.15, 0.2) is 48.5 Å². The normalized spacial score (nSPS) is 14.8. The van der Waals surface area contributed by atoms with Crippen molar-refractivity contribution in [3.8, 4) is 11.5 Å². The van der Waals surface area contributed by atoms with E-state index in [4.69, 9.17) is 18.9 Å². The van der Waals surface area contributed by atoms with Gasteiger partial charge < -0.3 is 18.9 Å². The highest BCUT2D eigenvalue weighted by Gasteiger charge is 2.16. The van der Waals surface area contributed by atoms with Gasteiger partial charge in [0.05, 0.1) is 25.3 Å². The minimum atomic E-state index is -0.326. The van der Waals surface area contributed by atoms with Crippen LogP contribution < -0.4 is 9.47 Å². The molecule has 0 amide bonds. The molecule has 178 valence electrons. The summed E-state index contributed by atoms with van der Waals surface area (Å²) >= 11 is 0. The molecule has 0 aliphatic carbocycles. The van der Waals surface area contributed by atoms with Crippen LogP contribution in [0.25, 0.3) is 0 Å². The number of esters is 2. The number of carbonyl (C=O) groups excluding carboxylic acids is 2. The molecule has 1 heterocycles. The third-order valence-corrected chi connectivity index (χ3v) is 5.61. The maximum absolute atomic E-state index is 12.2. The van der Waals surface area contributed by atoms with Gasteiger partial charge in [-0.05, 0) is 68.0 Å². The minimum Gasteiger partial charge on any atom is -0.497 e. The summed E-state index contributed by atoms with van der Waals surface area (Å²) in [5, 5.41) is 0. The van der Waals surface area contributed by atoms with E-state index in [1.54, 1.807) is 62.8 Å². The summed E-state index contributed by atoms with van der Waals surface area (Å²) in [4.78, 5) is 28.9. The summed E-state index contributed by atoms with van der Waals surface area (Å²) in [6.45, 7) is 5.75. The highest BCUT2D eigenvalue weighted by Crippen LogP contribution is 2.13. The van der Waals surface area contributed by atoms with Crippen molar-refractivity contribution >= 4 is 11.9 Å². The zero-order chi connectivity index (χ0) is 23.5. The molecule has 1 aliphatic rings. The summed E-state index contributed by atoms with van der Waals surface area (Å²) in [5.74, 6) is 0.757. The predicted molar refractivity (Wildman–Crippen MR) is 124 cm³/mol. The number of methoxy groups -OCH3 is 2. The summed E-state index contributed by atoms with van der Waals surface area (Å²) < 4.78 is 21.0. The van der Waals surface area contributed by atoms with Gasteiger partial charge in [-0.25, -0.2) is 9.59 Å². The number of benzene rings is 2. The fraction of sp³-hybridized carbons (Fsp3) is 0.440. The lowest BCUT2D eigenvalue weighted by Crippen LogP contribution is -2.34. The van der Waals surface area contributed by atoms with Gasteiger partial charge in [-0.1, -0.05) is 0 Å². The van der Waals surface area contributed by atoms with E-state index >= 15 is 0 Å². The average Bonchev–Trinajstić information content (AvgIpc) is 3.09. The number of rotatable bonds is 10. The number of hydrogen-bond donors (Lipinski definition) is 0. The van der Waals surface area contributed by atoms with Crippen molar-refractivity contribution in [2.24, 2.45) is 0 Å². The Balaban J connectivity index is 1.32. The third kappa shape index (κ3) is 7.76. The molecule has 0 spiro atoms. The van der Waals surface area contributed by atoms with Crippen molar-refractivity contribution < 1.29 is 28.5 Å².